The molecule has 1 aliphatic heterocycles. The predicted molar refractivity (Wildman–Crippen MR) is 84.5 cm³/mol. The third-order valence-electron chi connectivity index (χ3n) is 4.05. The fourth-order valence-corrected chi connectivity index (χ4v) is 3.34. The third kappa shape index (κ3) is 3.20. The van der Waals surface area contributed by atoms with Crippen LogP contribution in [0.3, 0.4) is 0 Å². The van der Waals surface area contributed by atoms with Crippen molar-refractivity contribution in [1.82, 2.24) is 20.0 Å². The number of nitrogens with zero attached hydrogens (tertiary/aromatic N) is 4. The predicted octanol–water partition coefficient (Wildman–Crippen LogP) is 2.41. The molecule has 0 saturated carbocycles. The van der Waals surface area contributed by atoms with Crippen LogP contribution < -0.4 is 0 Å². The minimum Gasteiger partial charge on any atom is -0.418 e. The molecule has 0 unspecified atom stereocenters. The Hall–Kier alpha value is -1.73. The lowest BCUT2D eigenvalue weighted by atomic mass is 10.2. The summed E-state index contributed by atoms with van der Waals surface area (Å²) < 4.78 is 5.82. The molecule has 0 aliphatic carbocycles. The molecule has 22 heavy (non-hydrogen) atoms. The van der Waals surface area contributed by atoms with E-state index < -0.39 is 0 Å². The average Bonchev–Trinajstić information content (AvgIpc) is 3.12. The average molecular weight is 320 g/mol. The maximum Gasteiger partial charge on any atom is 0.257 e. The summed E-state index contributed by atoms with van der Waals surface area (Å²) in [6.07, 6.45) is 0.968. The standard InChI is InChI=1S/C15H20N4O2S/c1-11(18-6-4-7-19(9-8-18)12(2)20)14-16-17-15(21-14)13-5-3-10-22-13/h3,5,10-11H,4,6-9H2,1-2H3/t11-/m0/s1. The number of amides is 1. The van der Waals surface area contributed by atoms with Crippen molar-refractivity contribution in [2.75, 3.05) is 26.2 Å². The molecule has 0 N–H and O–H groups in total. The second-order valence-corrected chi connectivity index (χ2v) is 6.44. The molecule has 0 bridgehead atoms. The molecule has 1 amide bonds. The highest BCUT2D eigenvalue weighted by Crippen LogP contribution is 2.27. The Kier molecular flexibility index (Phi) is 4.54. The van der Waals surface area contributed by atoms with E-state index in [1.165, 1.54) is 0 Å². The first-order valence-corrected chi connectivity index (χ1v) is 8.40. The van der Waals surface area contributed by atoms with Crippen LogP contribution in [0.1, 0.15) is 32.2 Å². The van der Waals surface area contributed by atoms with E-state index in [-0.39, 0.29) is 11.9 Å². The van der Waals surface area contributed by atoms with E-state index in [4.69, 9.17) is 4.42 Å². The second kappa shape index (κ2) is 6.58. The number of rotatable bonds is 3. The molecule has 1 saturated heterocycles. The summed E-state index contributed by atoms with van der Waals surface area (Å²) in [5, 5.41) is 10.3. The number of hydrogen-bond donors (Lipinski definition) is 0. The number of carbonyl (C=O) groups is 1. The van der Waals surface area contributed by atoms with Crippen LogP contribution in [0.25, 0.3) is 10.8 Å². The van der Waals surface area contributed by atoms with Crippen LogP contribution in [0, 0.1) is 0 Å². The molecular weight excluding hydrogens is 300 g/mol. The smallest absolute Gasteiger partial charge is 0.257 e. The van der Waals surface area contributed by atoms with Crippen molar-refractivity contribution in [3.8, 4) is 10.8 Å². The maximum absolute atomic E-state index is 11.5. The van der Waals surface area contributed by atoms with Crippen LogP contribution in [0.4, 0.5) is 0 Å². The molecule has 0 radical (unpaired) electrons. The zero-order valence-electron chi connectivity index (χ0n) is 12.9. The van der Waals surface area contributed by atoms with Crippen molar-refractivity contribution >= 4 is 17.2 Å². The minimum atomic E-state index is 0.0631. The molecular formula is C15H20N4O2S. The second-order valence-electron chi connectivity index (χ2n) is 5.49. The number of carbonyl (C=O) groups excluding carboxylic acids is 1. The monoisotopic (exact) mass is 320 g/mol. The lowest BCUT2D eigenvalue weighted by Gasteiger charge is -2.25. The molecule has 6 nitrogen and oxygen atoms in total. The normalized spacial score (nSPS) is 18.2. The van der Waals surface area contributed by atoms with E-state index in [0.717, 1.165) is 37.5 Å². The third-order valence-corrected chi connectivity index (χ3v) is 4.91. The van der Waals surface area contributed by atoms with Crippen molar-refractivity contribution in [2.45, 2.75) is 26.3 Å². The Labute approximate surface area is 133 Å². The molecule has 2 aromatic rings. The van der Waals surface area contributed by atoms with Gasteiger partial charge in [0, 0.05) is 33.1 Å². The first kappa shape index (κ1) is 15.2. The minimum absolute atomic E-state index is 0.0631. The zero-order valence-corrected chi connectivity index (χ0v) is 13.7. The van der Waals surface area contributed by atoms with Crippen LogP contribution >= 0.6 is 11.3 Å². The Morgan fingerprint density at radius 1 is 1.32 bits per heavy atom. The highest BCUT2D eigenvalue weighted by molar-refractivity contribution is 7.13. The topological polar surface area (TPSA) is 62.5 Å². The summed E-state index contributed by atoms with van der Waals surface area (Å²) in [7, 11) is 0. The summed E-state index contributed by atoms with van der Waals surface area (Å²) in [5.41, 5.74) is 0. The highest BCUT2D eigenvalue weighted by Gasteiger charge is 2.25. The lowest BCUT2D eigenvalue weighted by Crippen LogP contribution is -2.34. The van der Waals surface area contributed by atoms with Crippen molar-refractivity contribution in [1.29, 1.82) is 0 Å². The van der Waals surface area contributed by atoms with Gasteiger partial charge in [-0.15, -0.1) is 21.5 Å². The Morgan fingerprint density at radius 2 is 2.18 bits per heavy atom. The van der Waals surface area contributed by atoms with Gasteiger partial charge >= 0.3 is 0 Å². The molecule has 0 spiro atoms. The molecule has 2 aromatic heterocycles. The molecule has 1 fully saturated rings. The van der Waals surface area contributed by atoms with Crippen molar-refractivity contribution in [2.24, 2.45) is 0 Å². The Bertz CT molecular complexity index is 625. The molecule has 1 atom stereocenters. The summed E-state index contributed by atoms with van der Waals surface area (Å²) in [5.74, 6) is 1.36. The van der Waals surface area contributed by atoms with Gasteiger partial charge in [0.25, 0.3) is 5.89 Å². The Morgan fingerprint density at radius 3 is 2.91 bits per heavy atom. The SMILES string of the molecule is CC(=O)N1CCCN([C@@H](C)c2nnc(-c3cccs3)o2)CC1. The van der Waals surface area contributed by atoms with Crippen LogP contribution in [-0.4, -0.2) is 52.1 Å². The van der Waals surface area contributed by atoms with Gasteiger partial charge in [-0.25, -0.2) is 0 Å². The van der Waals surface area contributed by atoms with Gasteiger partial charge in [0.05, 0.1) is 10.9 Å². The van der Waals surface area contributed by atoms with Crippen LogP contribution in [0.5, 0.6) is 0 Å². The first-order chi connectivity index (χ1) is 10.6. The van der Waals surface area contributed by atoms with Gasteiger partial charge in [-0.05, 0) is 24.8 Å². The number of aromatic nitrogens is 2. The first-order valence-electron chi connectivity index (χ1n) is 7.52. The van der Waals surface area contributed by atoms with Crippen molar-refractivity contribution < 1.29 is 9.21 Å². The van der Waals surface area contributed by atoms with Gasteiger partial charge in [-0.1, -0.05) is 6.07 Å². The van der Waals surface area contributed by atoms with Crippen LogP contribution in [0.2, 0.25) is 0 Å². The van der Waals surface area contributed by atoms with Gasteiger partial charge in [0.1, 0.15) is 0 Å². The quantitative estimate of drug-likeness (QED) is 0.869. The van der Waals surface area contributed by atoms with Crippen LogP contribution in [-0.2, 0) is 4.79 Å². The van der Waals surface area contributed by atoms with Crippen molar-refractivity contribution in [3.63, 3.8) is 0 Å². The van der Waals surface area contributed by atoms with E-state index >= 15 is 0 Å². The van der Waals surface area contributed by atoms with E-state index in [1.54, 1.807) is 18.3 Å². The highest BCUT2D eigenvalue weighted by atomic mass is 32.1. The lowest BCUT2D eigenvalue weighted by molar-refractivity contribution is -0.128. The molecule has 118 valence electrons. The number of thiophene rings is 1. The Balaban J connectivity index is 1.68. The summed E-state index contributed by atoms with van der Waals surface area (Å²) in [6.45, 7) is 7.05. The van der Waals surface area contributed by atoms with Gasteiger partial charge < -0.3 is 9.32 Å². The largest absolute Gasteiger partial charge is 0.418 e. The van der Waals surface area contributed by atoms with E-state index in [9.17, 15) is 4.79 Å². The van der Waals surface area contributed by atoms with Crippen LogP contribution in [0.15, 0.2) is 21.9 Å². The molecule has 3 rings (SSSR count). The van der Waals surface area contributed by atoms with Gasteiger partial charge in [-0.2, -0.15) is 0 Å². The molecule has 1 aliphatic rings. The summed E-state index contributed by atoms with van der Waals surface area (Å²) in [6, 6.07) is 4.01. The molecule has 7 heteroatoms. The maximum atomic E-state index is 11.5. The van der Waals surface area contributed by atoms with E-state index in [1.807, 2.05) is 22.4 Å². The number of hydrogen-bond acceptors (Lipinski definition) is 6. The van der Waals surface area contributed by atoms with Gasteiger partial charge in [-0.3, -0.25) is 9.69 Å². The van der Waals surface area contributed by atoms with Crippen molar-refractivity contribution in [3.05, 3.63) is 23.4 Å². The van der Waals surface area contributed by atoms with E-state index in [2.05, 4.69) is 22.0 Å². The van der Waals surface area contributed by atoms with E-state index in [0.29, 0.717) is 11.8 Å². The summed E-state index contributed by atoms with van der Waals surface area (Å²) in [4.78, 5) is 16.7. The zero-order chi connectivity index (χ0) is 15.5. The van der Waals surface area contributed by atoms with Gasteiger partial charge in [0.15, 0.2) is 0 Å². The fraction of sp³-hybridized carbons (Fsp3) is 0.533. The summed E-state index contributed by atoms with van der Waals surface area (Å²) >= 11 is 1.59. The fourth-order valence-electron chi connectivity index (χ4n) is 2.70. The molecule has 0 aromatic carbocycles. The molecule has 3 heterocycles. The van der Waals surface area contributed by atoms with Gasteiger partial charge in [0.2, 0.25) is 11.8 Å².